The second kappa shape index (κ2) is 34.2. The van der Waals surface area contributed by atoms with Crippen molar-refractivity contribution in [3.63, 3.8) is 0 Å². The molecule has 1 unspecified atom stereocenters. The molecule has 1 atom stereocenters. The Morgan fingerprint density at radius 2 is 0.881 bits per heavy atom. The van der Waals surface area contributed by atoms with Crippen LogP contribution in [-0.2, 0) is 14.3 Å². The first kappa shape index (κ1) is 40.7. The number of unbranched alkanes of at least 4 members (excludes halogenated alkanes) is 23. The number of carboxylic acids is 1. The Morgan fingerprint density at radius 3 is 1.36 bits per heavy atom. The van der Waals surface area contributed by atoms with Crippen LogP contribution in [0.5, 0.6) is 0 Å². The van der Waals surface area contributed by atoms with Crippen LogP contribution in [0.3, 0.4) is 0 Å². The molecular formula is C38H72O4. The van der Waals surface area contributed by atoms with Crippen LogP contribution in [0, 0.1) is 0 Å². The third-order valence-corrected chi connectivity index (χ3v) is 8.49. The molecule has 0 fully saturated rings. The lowest BCUT2D eigenvalue weighted by atomic mass is 10.0. The lowest BCUT2D eigenvalue weighted by molar-refractivity contribution is -0.150. The Hall–Kier alpha value is -1.32. The van der Waals surface area contributed by atoms with Crippen LogP contribution in [-0.4, -0.2) is 23.1 Å². The number of carbonyl (C=O) groups is 2. The number of carboxylic acid groups (broad SMARTS) is 1. The molecule has 42 heavy (non-hydrogen) atoms. The van der Waals surface area contributed by atoms with Crippen molar-refractivity contribution >= 4 is 11.9 Å². The molecule has 0 aromatic rings. The van der Waals surface area contributed by atoms with Crippen molar-refractivity contribution in [1.82, 2.24) is 0 Å². The molecule has 1 N–H and O–H groups in total. The van der Waals surface area contributed by atoms with E-state index in [4.69, 9.17) is 9.84 Å². The number of carbonyl (C=O) groups excluding carboxylic acids is 1. The summed E-state index contributed by atoms with van der Waals surface area (Å²) in [6, 6.07) is 0. The van der Waals surface area contributed by atoms with Crippen LogP contribution in [0.1, 0.15) is 213 Å². The van der Waals surface area contributed by atoms with Gasteiger partial charge in [-0.05, 0) is 57.8 Å². The zero-order valence-electron chi connectivity index (χ0n) is 28.3. The van der Waals surface area contributed by atoms with Crippen LogP contribution < -0.4 is 0 Å². The van der Waals surface area contributed by atoms with Gasteiger partial charge in [-0.25, -0.2) is 0 Å². The van der Waals surface area contributed by atoms with E-state index in [2.05, 4.69) is 26.0 Å². The van der Waals surface area contributed by atoms with Gasteiger partial charge in [0.05, 0.1) is 0 Å². The summed E-state index contributed by atoms with van der Waals surface area (Å²) in [5, 5.41) is 8.67. The van der Waals surface area contributed by atoms with Gasteiger partial charge in [-0.3, -0.25) is 9.59 Å². The zero-order chi connectivity index (χ0) is 30.8. The molecule has 0 spiro atoms. The van der Waals surface area contributed by atoms with E-state index < -0.39 is 5.97 Å². The molecule has 0 aliphatic rings. The summed E-state index contributed by atoms with van der Waals surface area (Å²) in [5.41, 5.74) is 0. The second-order valence-electron chi connectivity index (χ2n) is 12.8. The van der Waals surface area contributed by atoms with Crippen molar-refractivity contribution in [3.8, 4) is 0 Å². The highest BCUT2D eigenvalue weighted by Gasteiger charge is 2.13. The number of hydrogen-bond donors (Lipinski definition) is 1. The SMILES string of the molecule is CCCCCCCC/C=C\CCCCCCCCCC(=O)OC(CCCC)CCCCCCCCCCCCC(=O)O. The molecule has 0 saturated heterocycles. The summed E-state index contributed by atoms with van der Waals surface area (Å²) >= 11 is 0. The van der Waals surface area contributed by atoms with E-state index in [1.54, 1.807) is 0 Å². The van der Waals surface area contributed by atoms with Crippen molar-refractivity contribution in [2.24, 2.45) is 0 Å². The monoisotopic (exact) mass is 593 g/mol. The average molecular weight is 593 g/mol. The normalized spacial score (nSPS) is 12.2. The van der Waals surface area contributed by atoms with E-state index in [1.165, 1.54) is 122 Å². The lowest BCUT2D eigenvalue weighted by Gasteiger charge is -2.18. The van der Waals surface area contributed by atoms with Crippen molar-refractivity contribution in [3.05, 3.63) is 12.2 Å². The van der Waals surface area contributed by atoms with Crippen LogP contribution in [0.15, 0.2) is 12.2 Å². The minimum Gasteiger partial charge on any atom is -0.481 e. The fourth-order valence-corrected chi connectivity index (χ4v) is 5.69. The van der Waals surface area contributed by atoms with Crippen molar-refractivity contribution in [1.29, 1.82) is 0 Å². The molecule has 0 rings (SSSR count). The van der Waals surface area contributed by atoms with E-state index in [1.807, 2.05) is 0 Å². The topological polar surface area (TPSA) is 63.6 Å². The highest BCUT2D eigenvalue weighted by molar-refractivity contribution is 5.69. The molecular weight excluding hydrogens is 520 g/mol. The molecule has 0 aromatic carbocycles. The number of allylic oxidation sites excluding steroid dienone is 2. The van der Waals surface area contributed by atoms with Crippen molar-refractivity contribution in [2.75, 3.05) is 0 Å². The number of rotatable bonds is 34. The van der Waals surface area contributed by atoms with Gasteiger partial charge < -0.3 is 9.84 Å². The first-order valence-corrected chi connectivity index (χ1v) is 18.7. The van der Waals surface area contributed by atoms with Crippen molar-refractivity contribution in [2.45, 2.75) is 219 Å². The number of aliphatic carboxylic acids is 1. The average Bonchev–Trinajstić information content (AvgIpc) is 2.97. The second-order valence-corrected chi connectivity index (χ2v) is 12.8. The predicted molar refractivity (Wildman–Crippen MR) is 181 cm³/mol. The molecule has 4 heteroatoms. The Morgan fingerprint density at radius 1 is 0.500 bits per heavy atom. The number of esters is 1. The summed E-state index contributed by atoms with van der Waals surface area (Å²) in [7, 11) is 0. The Labute approximate surface area is 262 Å². The Kier molecular flexibility index (Phi) is 33.1. The molecule has 0 heterocycles. The summed E-state index contributed by atoms with van der Waals surface area (Å²) in [6.07, 6.45) is 41.3. The van der Waals surface area contributed by atoms with Gasteiger partial charge in [0.15, 0.2) is 0 Å². The molecule has 0 aliphatic carbocycles. The maximum atomic E-state index is 12.5. The van der Waals surface area contributed by atoms with E-state index in [0.29, 0.717) is 12.8 Å². The van der Waals surface area contributed by atoms with E-state index in [9.17, 15) is 9.59 Å². The largest absolute Gasteiger partial charge is 0.481 e. The molecule has 0 saturated carbocycles. The first-order valence-electron chi connectivity index (χ1n) is 18.7. The van der Waals surface area contributed by atoms with Gasteiger partial charge in [-0.2, -0.15) is 0 Å². The maximum Gasteiger partial charge on any atom is 0.306 e. The zero-order valence-corrected chi connectivity index (χ0v) is 28.3. The minimum atomic E-state index is -0.675. The summed E-state index contributed by atoms with van der Waals surface area (Å²) in [6.45, 7) is 4.48. The molecule has 0 aromatic heterocycles. The molecule has 0 aliphatic heterocycles. The van der Waals surface area contributed by atoms with Crippen molar-refractivity contribution < 1.29 is 19.4 Å². The third kappa shape index (κ3) is 33.2. The standard InChI is InChI=1S/C38H72O4/c1-3-5-7-8-9-10-11-12-13-14-15-16-17-22-25-28-31-35-38(41)42-36(32-6-4-2)33-29-26-23-20-18-19-21-24-27-30-34-37(39)40/h12-13,36H,3-11,14-35H2,1-2H3,(H,39,40)/b13-12-. The molecule has 0 bridgehead atoms. The highest BCUT2D eigenvalue weighted by atomic mass is 16.5. The molecule has 0 amide bonds. The van der Waals surface area contributed by atoms with E-state index >= 15 is 0 Å². The Balaban J connectivity index is 3.63. The predicted octanol–water partition coefficient (Wildman–Crippen LogP) is 12.7. The van der Waals surface area contributed by atoms with Gasteiger partial charge in [0, 0.05) is 12.8 Å². The van der Waals surface area contributed by atoms with Gasteiger partial charge >= 0.3 is 11.9 Å². The molecule has 248 valence electrons. The fourth-order valence-electron chi connectivity index (χ4n) is 5.69. The van der Waals surface area contributed by atoms with Gasteiger partial charge in [-0.1, -0.05) is 154 Å². The number of hydrogen-bond acceptors (Lipinski definition) is 3. The van der Waals surface area contributed by atoms with E-state index in [-0.39, 0.29) is 12.1 Å². The lowest BCUT2D eigenvalue weighted by Crippen LogP contribution is -2.18. The van der Waals surface area contributed by atoms with Gasteiger partial charge in [0.1, 0.15) is 6.10 Å². The smallest absolute Gasteiger partial charge is 0.306 e. The summed E-state index contributed by atoms with van der Waals surface area (Å²) < 4.78 is 5.91. The fraction of sp³-hybridized carbons (Fsp3) is 0.895. The Bertz CT molecular complexity index is 600. The quantitative estimate of drug-likeness (QED) is 0.0458. The van der Waals surface area contributed by atoms with Crippen LogP contribution in [0.2, 0.25) is 0 Å². The minimum absolute atomic E-state index is 0.0206. The maximum absolute atomic E-state index is 12.5. The van der Waals surface area contributed by atoms with Gasteiger partial charge in [0.25, 0.3) is 0 Å². The summed E-state index contributed by atoms with van der Waals surface area (Å²) in [5.74, 6) is -0.655. The third-order valence-electron chi connectivity index (χ3n) is 8.49. The highest BCUT2D eigenvalue weighted by Crippen LogP contribution is 2.18. The van der Waals surface area contributed by atoms with Gasteiger partial charge in [-0.15, -0.1) is 0 Å². The number of ether oxygens (including phenoxy) is 1. The molecule has 4 nitrogen and oxygen atoms in total. The van der Waals surface area contributed by atoms with Crippen LogP contribution in [0.4, 0.5) is 0 Å². The van der Waals surface area contributed by atoms with Crippen LogP contribution in [0.25, 0.3) is 0 Å². The summed E-state index contributed by atoms with van der Waals surface area (Å²) in [4.78, 5) is 23.0. The molecule has 0 radical (unpaired) electrons. The van der Waals surface area contributed by atoms with Gasteiger partial charge in [0.2, 0.25) is 0 Å². The van der Waals surface area contributed by atoms with E-state index in [0.717, 1.165) is 64.2 Å². The first-order chi connectivity index (χ1) is 20.6. The van der Waals surface area contributed by atoms with Crippen LogP contribution >= 0.6 is 0 Å².